The summed E-state index contributed by atoms with van der Waals surface area (Å²) in [6.45, 7) is 2.98. The van der Waals surface area contributed by atoms with Crippen molar-refractivity contribution in [2.45, 2.75) is 51.6 Å². The number of aryl methyl sites for hydroxylation is 2. The lowest BCUT2D eigenvalue weighted by molar-refractivity contribution is 0.523. The fourth-order valence-electron chi connectivity index (χ4n) is 2.44. The second-order valence-corrected chi connectivity index (χ2v) is 4.91. The summed E-state index contributed by atoms with van der Waals surface area (Å²) in [7, 11) is 1.90. The summed E-state index contributed by atoms with van der Waals surface area (Å²) in [6, 6.07) is 0.681. The van der Waals surface area contributed by atoms with E-state index in [0.717, 1.165) is 23.8 Å². The summed E-state index contributed by atoms with van der Waals surface area (Å²) in [5.41, 5.74) is 2.30. The minimum Gasteiger partial charge on any atom is -0.310 e. The van der Waals surface area contributed by atoms with Crippen molar-refractivity contribution in [2.75, 3.05) is 0 Å². The van der Waals surface area contributed by atoms with Crippen molar-refractivity contribution in [3.05, 3.63) is 16.4 Å². The monoisotopic (exact) mass is 241 g/mol. The van der Waals surface area contributed by atoms with Gasteiger partial charge in [0.05, 0.1) is 5.69 Å². The Morgan fingerprint density at radius 1 is 1.44 bits per heavy atom. The van der Waals surface area contributed by atoms with Gasteiger partial charge in [-0.25, -0.2) is 0 Å². The van der Waals surface area contributed by atoms with E-state index in [4.69, 9.17) is 11.6 Å². The lowest BCUT2D eigenvalue weighted by atomic mass is 10.2. The van der Waals surface area contributed by atoms with Gasteiger partial charge in [0.15, 0.2) is 0 Å². The quantitative estimate of drug-likeness (QED) is 0.879. The summed E-state index contributed by atoms with van der Waals surface area (Å²) in [5, 5.41) is 8.79. The molecule has 1 aromatic rings. The van der Waals surface area contributed by atoms with Crippen molar-refractivity contribution in [3.8, 4) is 0 Å². The molecule has 0 unspecified atom stereocenters. The molecule has 16 heavy (non-hydrogen) atoms. The number of rotatable bonds is 4. The Morgan fingerprint density at radius 2 is 2.12 bits per heavy atom. The van der Waals surface area contributed by atoms with Crippen molar-refractivity contribution in [1.29, 1.82) is 0 Å². The average molecular weight is 242 g/mol. The highest BCUT2D eigenvalue weighted by molar-refractivity contribution is 6.30. The number of hydrogen-bond donors (Lipinski definition) is 1. The van der Waals surface area contributed by atoms with Crippen LogP contribution in [0.1, 0.15) is 43.9 Å². The first kappa shape index (κ1) is 11.9. The Balaban J connectivity index is 2.01. The van der Waals surface area contributed by atoms with E-state index < -0.39 is 0 Å². The van der Waals surface area contributed by atoms with Crippen LogP contribution in [0, 0.1) is 0 Å². The molecular formula is C12H20ClN3. The Kier molecular flexibility index (Phi) is 3.87. The van der Waals surface area contributed by atoms with Gasteiger partial charge < -0.3 is 5.32 Å². The third-order valence-corrected chi connectivity index (χ3v) is 3.88. The van der Waals surface area contributed by atoms with Crippen molar-refractivity contribution < 1.29 is 0 Å². The van der Waals surface area contributed by atoms with E-state index in [0.29, 0.717) is 6.04 Å². The van der Waals surface area contributed by atoms with Crippen LogP contribution in [0.15, 0.2) is 0 Å². The fraction of sp³-hybridized carbons (Fsp3) is 0.750. The topological polar surface area (TPSA) is 29.9 Å². The summed E-state index contributed by atoms with van der Waals surface area (Å²) >= 11 is 6.24. The molecule has 1 N–H and O–H groups in total. The second kappa shape index (κ2) is 5.19. The van der Waals surface area contributed by atoms with E-state index in [1.54, 1.807) is 4.68 Å². The van der Waals surface area contributed by atoms with Gasteiger partial charge in [-0.2, -0.15) is 5.10 Å². The molecule has 0 saturated heterocycles. The Hall–Kier alpha value is -0.540. The standard InChI is InChI=1S/C12H20ClN3/c1-3-11-10(12(13)16(2)15-11)8-14-9-6-4-5-7-9/h9,14H,3-8H2,1-2H3. The molecular weight excluding hydrogens is 222 g/mol. The van der Waals surface area contributed by atoms with E-state index in [1.807, 2.05) is 7.05 Å². The van der Waals surface area contributed by atoms with Gasteiger partial charge >= 0.3 is 0 Å². The molecule has 0 aliphatic heterocycles. The smallest absolute Gasteiger partial charge is 0.131 e. The highest BCUT2D eigenvalue weighted by atomic mass is 35.5. The van der Waals surface area contributed by atoms with Crippen LogP contribution in [-0.2, 0) is 20.0 Å². The summed E-state index contributed by atoms with van der Waals surface area (Å²) < 4.78 is 1.77. The fourth-order valence-corrected chi connectivity index (χ4v) is 2.65. The van der Waals surface area contributed by atoms with E-state index >= 15 is 0 Å². The Morgan fingerprint density at radius 3 is 2.75 bits per heavy atom. The van der Waals surface area contributed by atoms with Crippen molar-refractivity contribution in [1.82, 2.24) is 15.1 Å². The third-order valence-electron chi connectivity index (χ3n) is 3.41. The van der Waals surface area contributed by atoms with Gasteiger partial charge in [0, 0.05) is 25.2 Å². The SMILES string of the molecule is CCc1nn(C)c(Cl)c1CNC1CCCC1. The molecule has 0 atom stereocenters. The number of nitrogens with one attached hydrogen (secondary N) is 1. The molecule has 1 aliphatic carbocycles. The number of nitrogens with zero attached hydrogens (tertiary/aromatic N) is 2. The summed E-state index contributed by atoms with van der Waals surface area (Å²) in [5.74, 6) is 0. The van der Waals surface area contributed by atoms with Crippen LogP contribution >= 0.6 is 11.6 Å². The van der Waals surface area contributed by atoms with Gasteiger partial charge in [0.2, 0.25) is 0 Å². The van der Waals surface area contributed by atoms with Gasteiger partial charge in [-0.1, -0.05) is 31.4 Å². The molecule has 0 spiro atoms. The molecule has 0 bridgehead atoms. The van der Waals surface area contributed by atoms with Gasteiger partial charge in [0.25, 0.3) is 0 Å². The zero-order valence-corrected chi connectivity index (χ0v) is 10.8. The maximum atomic E-state index is 6.24. The van der Waals surface area contributed by atoms with Crippen LogP contribution in [0.25, 0.3) is 0 Å². The van der Waals surface area contributed by atoms with Gasteiger partial charge in [0.1, 0.15) is 5.15 Å². The molecule has 2 rings (SSSR count). The van der Waals surface area contributed by atoms with Crippen molar-refractivity contribution in [3.63, 3.8) is 0 Å². The zero-order valence-electron chi connectivity index (χ0n) is 10.1. The highest BCUT2D eigenvalue weighted by Crippen LogP contribution is 2.22. The van der Waals surface area contributed by atoms with E-state index in [2.05, 4.69) is 17.3 Å². The van der Waals surface area contributed by atoms with E-state index in [9.17, 15) is 0 Å². The predicted molar refractivity (Wildman–Crippen MR) is 66.7 cm³/mol. The van der Waals surface area contributed by atoms with Crippen molar-refractivity contribution >= 4 is 11.6 Å². The summed E-state index contributed by atoms with van der Waals surface area (Å²) in [4.78, 5) is 0. The minimum absolute atomic E-state index is 0.681. The van der Waals surface area contributed by atoms with Crippen LogP contribution in [0.4, 0.5) is 0 Å². The third kappa shape index (κ3) is 2.41. The van der Waals surface area contributed by atoms with Gasteiger partial charge in [-0.15, -0.1) is 0 Å². The first-order valence-corrected chi connectivity index (χ1v) is 6.53. The molecule has 0 radical (unpaired) electrons. The van der Waals surface area contributed by atoms with Gasteiger partial charge in [-0.3, -0.25) is 4.68 Å². The average Bonchev–Trinajstić information content (AvgIpc) is 2.87. The number of aromatic nitrogens is 2. The molecule has 1 aromatic heterocycles. The largest absolute Gasteiger partial charge is 0.310 e. The zero-order chi connectivity index (χ0) is 11.5. The normalized spacial score (nSPS) is 17.2. The van der Waals surface area contributed by atoms with Crippen LogP contribution < -0.4 is 5.32 Å². The molecule has 1 aliphatic rings. The Bertz CT molecular complexity index is 353. The Labute approximate surface area is 102 Å². The van der Waals surface area contributed by atoms with Gasteiger partial charge in [-0.05, 0) is 19.3 Å². The van der Waals surface area contributed by atoms with Crippen LogP contribution in [0.3, 0.4) is 0 Å². The molecule has 1 saturated carbocycles. The first-order chi connectivity index (χ1) is 7.72. The van der Waals surface area contributed by atoms with E-state index in [1.165, 1.54) is 31.2 Å². The molecule has 1 heterocycles. The maximum absolute atomic E-state index is 6.24. The lowest BCUT2D eigenvalue weighted by Gasteiger charge is -2.11. The molecule has 4 heteroatoms. The van der Waals surface area contributed by atoms with E-state index in [-0.39, 0.29) is 0 Å². The minimum atomic E-state index is 0.681. The molecule has 3 nitrogen and oxygen atoms in total. The summed E-state index contributed by atoms with van der Waals surface area (Å²) in [6.07, 6.45) is 6.28. The highest BCUT2D eigenvalue weighted by Gasteiger charge is 2.17. The second-order valence-electron chi connectivity index (χ2n) is 4.56. The molecule has 0 amide bonds. The number of hydrogen-bond acceptors (Lipinski definition) is 2. The number of halogens is 1. The maximum Gasteiger partial charge on any atom is 0.131 e. The first-order valence-electron chi connectivity index (χ1n) is 6.16. The predicted octanol–water partition coefficient (Wildman–Crippen LogP) is 2.67. The van der Waals surface area contributed by atoms with Crippen LogP contribution in [0.2, 0.25) is 5.15 Å². The molecule has 90 valence electrons. The van der Waals surface area contributed by atoms with Crippen LogP contribution in [0.5, 0.6) is 0 Å². The molecule has 0 aromatic carbocycles. The molecule has 1 fully saturated rings. The van der Waals surface area contributed by atoms with Crippen molar-refractivity contribution in [2.24, 2.45) is 7.05 Å². The lowest BCUT2D eigenvalue weighted by Crippen LogP contribution is -2.25. The van der Waals surface area contributed by atoms with Crippen LogP contribution in [-0.4, -0.2) is 15.8 Å².